The lowest BCUT2D eigenvalue weighted by Gasteiger charge is -2.02. The van der Waals surface area contributed by atoms with Gasteiger partial charge >= 0.3 is 0 Å². The van der Waals surface area contributed by atoms with Crippen LogP contribution in [0, 0.1) is 24.7 Å². The fourth-order valence-electron chi connectivity index (χ4n) is 2.21. The van der Waals surface area contributed by atoms with Crippen LogP contribution in [0.1, 0.15) is 44.9 Å². The van der Waals surface area contributed by atoms with Crippen molar-refractivity contribution in [3.63, 3.8) is 0 Å². The molecule has 1 unspecified atom stereocenters. The Labute approximate surface area is 127 Å². The van der Waals surface area contributed by atoms with E-state index in [-0.39, 0.29) is 0 Å². The third kappa shape index (κ3) is 3.76. The molecule has 0 spiro atoms. The van der Waals surface area contributed by atoms with E-state index in [9.17, 15) is 0 Å². The number of hydrogen-bond acceptors (Lipinski definition) is 1. The van der Waals surface area contributed by atoms with Gasteiger partial charge in [-0.15, -0.1) is 0 Å². The molecule has 21 heavy (non-hydrogen) atoms. The van der Waals surface area contributed by atoms with Gasteiger partial charge in [-0.1, -0.05) is 32.3 Å². The lowest BCUT2D eigenvalue weighted by Crippen LogP contribution is -1.93. The van der Waals surface area contributed by atoms with E-state index < -0.39 is 0 Å². The summed E-state index contributed by atoms with van der Waals surface area (Å²) in [6.45, 7) is 8.65. The predicted octanol–water partition coefficient (Wildman–Crippen LogP) is 4.62. The third-order valence-corrected chi connectivity index (χ3v) is 3.91. The fraction of sp³-hybridized carbons (Fsp3) is 0.421. The van der Waals surface area contributed by atoms with Crippen molar-refractivity contribution in [1.29, 1.82) is 0 Å². The Morgan fingerprint density at radius 2 is 2.19 bits per heavy atom. The first-order valence-corrected chi connectivity index (χ1v) is 7.62. The molecule has 0 saturated heterocycles. The number of allylic oxidation sites excluding steroid dienone is 2. The van der Waals surface area contributed by atoms with E-state index in [1.54, 1.807) is 0 Å². The van der Waals surface area contributed by atoms with Crippen LogP contribution in [-0.2, 0) is 7.05 Å². The average molecular weight is 280 g/mol. The molecule has 0 aliphatic heterocycles. The Kier molecular flexibility index (Phi) is 4.85. The number of hydrogen-bond donors (Lipinski definition) is 0. The highest BCUT2D eigenvalue weighted by molar-refractivity contribution is 5.79. The average Bonchev–Trinajstić information content (AvgIpc) is 2.78. The van der Waals surface area contributed by atoms with Crippen molar-refractivity contribution in [2.24, 2.45) is 13.0 Å². The maximum Gasteiger partial charge on any atom is 0.140 e. The molecule has 2 aromatic rings. The van der Waals surface area contributed by atoms with Gasteiger partial charge in [0.25, 0.3) is 0 Å². The van der Waals surface area contributed by atoms with Gasteiger partial charge in [-0.05, 0) is 55.4 Å². The second-order valence-electron chi connectivity index (χ2n) is 5.90. The Morgan fingerprint density at radius 3 is 2.90 bits per heavy atom. The summed E-state index contributed by atoms with van der Waals surface area (Å²) in [6, 6.07) is 4.27. The molecule has 0 saturated carbocycles. The Hall–Kier alpha value is -2.01. The third-order valence-electron chi connectivity index (χ3n) is 3.91. The quantitative estimate of drug-likeness (QED) is 0.750. The normalized spacial score (nSPS) is 13.1. The number of nitrogens with zero attached hydrogens (tertiary/aromatic N) is 2. The largest absolute Gasteiger partial charge is 0.322 e. The highest BCUT2D eigenvalue weighted by Crippen LogP contribution is 2.17. The minimum Gasteiger partial charge on any atom is -0.322 e. The molecule has 0 aliphatic carbocycles. The molecule has 0 fully saturated rings. The minimum absolute atomic E-state index is 0.728. The van der Waals surface area contributed by atoms with Gasteiger partial charge in [0.05, 0.1) is 5.69 Å². The van der Waals surface area contributed by atoms with Gasteiger partial charge in [0.15, 0.2) is 0 Å². The van der Waals surface area contributed by atoms with Crippen molar-refractivity contribution >= 4 is 11.0 Å². The lowest BCUT2D eigenvalue weighted by atomic mass is 10.0. The zero-order valence-corrected chi connectivity index (χ0v) is 13.7. The van der Waals surface area contributed by atoms with Crippen LogP contribution in [0.4, 0.5) is 0 Å². The van der Waals surface area contributed by atoms with Gasteiger partial charge in [0, 0.05) is 18.6 Å². The highest BCUT2D eigenvalue weighted by atomic mass is 15.0. The zero-order valence-electron chi connectivity index (χ0n) is 13.7. The summed E-state index contributed by atoms with van der Waals surface area (Å²) in [5.74, 6) is 7.25. The lowest BCUT2D eigenvalue weighted by molar-refractivity contribution is 0.571. The van der Waals surface area contributed by atoms with Crippen molar-refractivity contribution < 1.29 is 0 Å². The number of fused-ring (bicyclic) bond motifs is 1. The summed E-state index contributed by atoms with van der Waals surface area (Å²) in [5.41, 5.74) is 4.33. The molecule has 0 aromatic carbocycles. The predicted molar refractivity (Wildman–Crippen MR) is 90.2 cm³/mol. The summed E-state index contributed by atoms with van der Waals surface area (Å²) in [4.78, 5) is 4.48. The summed E-state index contributed by atoms with van der Waals surface area (Å²) in [6.07, 6.45) is 6.46. The van der Waals surface area contributed by atoms with E-state index >= 15 is 0 Å². The molecule has 0 N–H and O–H groups in total. The zero-order chi connectivity index (χ0) is 15.4. The molecule has 0 amide bonds. The van der Waals surface area contributed by atoms with Crippen LogP contribution >= 0.6 is 0 Å². The Balaban J connectivity index is 2.24. The van der Waals surface area contributed by atoms with Gasteiger partial charge in [0.1, 0.15) is 5.65 Å². The molecular weight excluding hydrogens is 256 g/mol. The van der Waals surface area contributed by atoms with Gasteiger partial charge in [-0.2, -0.15) is 0 Å². The molecule has 110 valence electrons. The van der Waals surface area contributed by atoms with Gasteiger partial charge in [0.2, 0.25) is 0 Å². The van der Waals surface area contributed by atoms with Crippen LogP contribution in [0.15, 0.2) is 30.0 Å². The molecule has 2 rings (SSSR count). The molecule has 0 aliphatic rings. The van der Waals surface area contributed by atoms with Gasteiger partial charge in [-0.25, -0.2) is 4.98 Å². The molecule has 2 aromatic heterocycles. The first kappa shape index (κ1) is 15.4. The maximum absolute atomic E-state index is 4.48. The van der Waals surface area contributed by atoms with E-state index in [4.69, 9.17) is 0 Å². The van der Waals surface area contributed by atoms with E-state index in [0.717, 1.165) is 34.6 Å². The first-order valence-electron chi connectivity index (χ1n) is 7.62. The number of aryl methyl sites for hydroxylation is 2. The topological polar surface area (TPSA) is 17.8 Å². The number of aromatic nitrogens is 2. The van der Waals surface area contributed by atoms with E-state index in [0.29, 0.717) is 0 Å². The fourth-order valence-corrected chi connectivity index (χ4v) is 2.21. The molecule has 0 radical (unpaired) electrons. The monoisotopic (exact) mass is 280 g/mol. The SMILES string of the molecule is CCC(C)C/C=C(\C)C#Cc1cc2cc(C)cnc2n1C. The Bertz CT molecular complexity index is 723. The second kappa shape index (κ2) is 6.63. The van der Waals surface area contributed by atoms with Gasteiger partial charge in [-0.3, -0.25) is 0 Å². The highest BCUT2D eigenvalue weighted by Gasteiger charge is 2.04. The molecule has 2 nitrogen and oxygen atoms in total. The van der Waals surface area contributed by atoms with Crippen LogP contribution in [0.3, 0.4) is 0 Å². The van der Waals surface area contributed by atoms with Crippen LogP contribution < -0.4 is 0 Å². The molecule has 1 atom stereocenters. The summed E-state index contributed by atoms with van der Waals surface area (Å²) < 4.78 is 2.06. The molecular formula is C19H24N2. The van der Waals surface area contributed by atoms with Crippen molar-refractivity contribution in [3.8, 4) is 11.8 Å². The van der Waals surface area contributed by atoms with Crippen LogP contribution in [0.5, 0.6) is 0 Å². The summed E-state index contributed by atoms with van der Waals surface area (Å²) in [5, 5.41) is 1.16. The number of pyridine rings is 1. The van der Waals surface area contributed by atoms with Crippen molar-refractivity contribution in [2.75, 3.05) is 0 Å². The summed E-state index contributed by atoms with van der Waals surface area (Å²) in [7, 11) is 2.02. The maximum atomic E-state index is 4.48. The van der Waals surface area contributed by atoms with Gasteiger partial charge < -0.3 is 4.57 Å². The molecule has 2 heterocycles. The smallest absolute Gasteiger partial charge is 0.140 e. The van der Waals surface area contributed by atoms with Crippen molar-refractivity contribution in [1.82, 2.24) is 9.55 Å². The first-order chi connectivity index (χ1) is 10.0. The van der Waals surface area contributed by atoms with Crippen molar-refractivity contribution in [3.05, 3.63) is 41.2 Å². The minimum atomic E-state index is 0.728. The van der Waals surface area contributed by atoms with Crippen LogP contribution in [0.25, 0.3) is 11.0 Å². The summed E-state index contributed by atoms with van der Waals surface area (Å²) >= 11 is 0. The molecule has 2 heteroatoms. The second-order valence-corrected chi connectivity index (χ2v) is 5.90. The molecule has 0 bridgehead atoms. The van der Waals surface area contributed by atoms with E-state index in [1.807, 2.05) is 13.2 Å². The van der Waals surface area contributed by atoms with E-state index in [1.165, 1.54) is 12.0 Å². The van der Waals surface area contributed by atoms with E-state index in [2.05, 4.69) is 67.3 Å². The van der Waals surface area contributed by atoms with Crippen molar-refractivity contribution in [2.45, 2.75) is 40.5 Å². The standard InChI is InChI=1S/C19H24N2/c1-6-14(2)7-8-15(3)9-10-18-12-17-11-16(4)13-20-19(17)21(18)5/h8,11-14H,6-7H2,1-5H3/b15-8+. The van der Waals surface area contributed by atoms with Crippen LogP contribution in [-0.4, -0.2) is 9.55 Å². The number of rotatable bonds is 3. The Morgan fingerprint density at radius 1 is 1.43 bits per heavy atom. The van der Waals surface area contributed by atoms with Crippen LogP contribution in [0.2, 0.25) is 0 Å².